The molecule has 1 atom stereocenters. The van der Waals surface area contributed by atoms with E-state index in [1.54, 1.807) is 48.5 Å². The molecule has 0 aromatic heterocycles. The van der Waals surface area contributed by atoms with Crippen LogP contribution in [-0.2, 0) is 10.0 Å². The van der Waals surface area contributed by atoms with Gasteiger partial charge in [0.25, 0.3) is 10.0 Å². The van der Waals surface area contributed by atoms with Crippen molar-refractivity contribution in [3.05, 3.63) is 59.7 Å². The number of hydrogen-bond acceptors (Lipinski definition) is 3. The number of anilines is 1. The van der Waals surface area contributed by atoms with E-state index in [0.29, 0.717) is 11.3 Å². The highest BCUT2D eigenvalue weighted by Gasteiger charge is 2.36. The van der Waals surface area contributed by atoms with Gasteiger partial charge >= 0.3 is 0 Å². The first-order valence-corrected chi connectivity index (χ1v) is 9.46. The first-order valence-electron chi connectivity index (χ1n) is 6.78. The van der Waals surface area contributed by atoms with Crippen LogP contribution in [0.25, 0.3) is 0 Å². The lowest BCUT2D eigenvalue weighted by Gasteiger charge is -2.32. The summed E-state index contributed by atoms with van der Waals surface area (Å²) >= 11 is 2.00. The Hall–Kier alpha value is -1.41. The molecule has 0 amide bonds. The molecule has 1 heterocycles. The molecule has 0 radical (unpaired) electrons. The minimum Gasteiger partial charge on any atom is -0.293 e. The second-order valence-corrected chi connectivity index (χ2v) is 8.56. The van der Waals surface area contributed by atoms with Gasteiger partial charge in [-0.05, 0) is 31.2 Å². The molecule has 1 aliphatic heterocycles. The summed E-state index contributed by atoms with van der Waals surface area (Å²) in [6.07, 6.45) is 0. The molecule has 0 bridgehead atoms. The van der Waals surface area contributed by atoms with Gasteiger partial charge < -0.3 is 0 Å². The number of para-hydroxylation sites is 1. The van der Waals surface area contributed by atoms with Gasteiger partial charge in [-0.3, -0.25) is 9.10 Å². The minimum atomic E-state index is -3.67. The predicted molar refractivity (Wildman–Crippen MR) is 94.3 cm³/mol. The van der Waals surface area contributed by atoms with Crippen molar-refractivity contribution in [3.8, 4) is 0 Å². The Balaban J connectivity index is 2.13. The molecule has 0 spiro atoms. The summed E-state index contributed by atoms with van der Waals surface area (Å²) in [7, 11) is -3.67. The zero-order valence-electron chi connectivity index (χ0n) is 11.9. The fourth-order valence-corrected chi connectivity index (χ4v) is 4.95. The maximum Gasteiger partial charge on any atom is 0.264 e. The molecule has 0 saturated heterocycles. The summed E-state index contributed by atoms with van der Waals surface area (Å²) in [6.45, 7) is 2.07. The maximum atomic E-state index is 12.9. The first kappa shape index (κ1) is 15.5. The Labute approximate surface area is 143 Å². The molecule has 1 unspecified atom stereocenters. The van der Waals surface area contributed by atoms with Gasteiger partial charge in [-0.1, -0.05) is 52.4 Å². The van der Waals surface area contributed by atoms with Crippen LogP contribution in [-0.4, -0.2) is 24.7 Å². The van der Waals surface area contributed by atoms with Gasteiger partial charge in [-0.2, -0.15) is 0 Å². The molecular formula is C16H14INO3S. The second kappa shape index (κ2) is 5.66. The molecule has 2 aromatic carbocycles. The fourth-order valence-electron chi connectivity index (χ4n) is 2.46. The number of nitrogens with zero attached hydrogens (tertiary/aromatic N) is 1. The number of carbonyl (C=O) groups excluding carboxylic acids is 1. The van der Waals surface area contributed by atoms with Crippen molar-refractivity contribution >= 4 is 44.1 Å². The molecule has 0 N–H and O–H groups in total. The number of aryl methyl sites for hydroxylation is 1. The predicted octanol–water partition coefficient (Wildman–Crippen LogP) is 3.19. The van der Waals surface area contributed by atoms with Crippen molar-refractivity contribution < 1.29 is 13.2 Å². The van der Waals surface area contributed by atoms with Gasteiger partial charge in [-0.15, -0.1) is 0 Å². The number of sulfonamides is 1. The molecule has 0 fully saturated rings. The molecule has 2 aromatic rings. The van der Waals surface area contributed by atoms with Crippen LogP contribution in [0.15, 0.2) is 53.4 Å². The number of carbonyl (C=O) groups is 1. The number of hydrogen-bond donors (Lipinski definition) is 0. The maximum absolute atomic E-state index is 12.9. The molecule has 0 saturated carbocycles. The van der Waals surface area contributed by atoms with E-state index in [1.165, 1.54) is 4.31 Å². The summed E-state index contributed by atoms with van der Waals surface area (Å²) in [5, 5.41) is 0. The number of ketones is 1. The Bertz CT molecular complexity index is 831. The van der Waals surface area contributed by atoms with Crippen molar-refractivity contribution in [2.45, 2.75) is 15.7 Å². The monoisotopic (exact) mass is 427 g/mol. The Kier molecular flexibility index (Phi) is 3.98. The smallest absolute Gasteiger partial charge is 0.264 e. The van der Waals surface area contributed by atoms with Gasteiger partial charge in [0.15, 0.2) is 5.78 Å². The van der Waals surface area contributed by atoms with Crippen molar-refractivity contribution in [1.82, 2.24) is 0 Å². The Morgan fingerprint density at radius 3 is 2.41 bits per heavy atom. The van der Waals surface area contributed by atoms with Crippen molar-refractivity contribution in [2.24, 2.45) is 0 Å². The van der Waals surface area contributed by atoms with E-state index in [0.717, 1.165) is 5.56 Å². The molecule has 1 aliphatic rings. The average molecular weight is 427 g/mol. The zero-order chi connectivity index (χ0) is 15.9. The van der Waals surface area contributed by atoms with E-state index in [9.17, 15) is 13.2 Å². The molecule has 3 rings (SSSR count). The number of benzene rings is 2. The van der Waals surface area contributed by atoms with Crippen LogP contribution < -0.4 is 4.31 Å². The number of fused-ring (bicyclic) bond motifs is 1. The number of halogens is 1. The third-order valence-electron chi connectivity index (χ3n) is 3.66. The van der Waals surface area contributed by atoms with E-state index in [4.69, 9.17) is 0 Å². The summed E-state index contributed by atoms with van der Waals surface area (Å²) in [5.74, 6) is -0.0217. The lowest BCUT2D eigenvalue weighted by atomic mass is 10.0. The summed E-state index contributed by atoms with van der Waals surface area (Å²) in [6, 6.07) is 13.6. The molecule has 114 valence electrons. The quantitative estimate of drug-likeness (QED) is 0.547. The van der Waals surface area contributed by atoms with E-state index in [2.05, 4.69) is 0 Å². The van der Waals surface area contributed by atoms with Gasteiger partial charge in [0.2, 0.25) is 0 Å². The standard InChI is InChI=1S/C16H14INO3S/c1-11-6-8-12(9-7-11)22(20,21)18-10-14(17)16(19)13-4-2-3-5-15(13)18/h2-9,14H,10H2,1H3. The largest absolute Gasteiger partial charge is 0.293 e. The third kappa shape index (κ3) is 2.54. The van der Waals surface area contributed by atoms with Gasteiger partial charge in [0, 0.05) is 5.56 Å². The molecule has 0 aliphatic carbocycles. The van der Waals surface area contributed by atoms with E-state index in [1.807, 2.05) is 29.5 Å². The molecule has 22 heavy (non-hydrogen) atoms. The average Bonchev–Trinajstić information content (AvgIpc) is 2.51. The second-order valence-electron chi connectivity index (χ2n) is 5.20. The zero-order valence-corrected chi connectivity index (χ0v) is 14.8. The highest BCUT2D eigenvalue weighted by atomic mass is 127. The van der Waals surface area contributed by atoms with Crippen LogP contribution in [0.1, 0.15) is 15.9 Å². The van der Waals surface area contributed by atoms with Crippen molar-refractivity contribution in [3.63, 3.8) is 0 Å². The topological polar surface area (TPSA) is 54.5 Å². The summed E-state index contributed by atoms with van der Waals surface area (Å²) < 4.78 is 26.8. The fraction of sp³-hybridized carbons (Fsp3) is 0.188. The van der Waals surface area contributed by atoms with E-state index in [-0.39, 0.29) is 21.1 Å². The third-order valence-corrected chi connectivity index (χ3v) is 6.41. The van der Waals surface area contributed by atoms with Crippen molar-refractivity contribution in [2.75, 3.05) is 10.8 Å². The summed E-state index contributed by atoms with van der Waals surface area (Å²) in [5.41, 5.74) is 1.92. The Morgan fingerprint density at radius 1 is 1.09 bits per heavy atom. The lowest BCUT2D eigenvalue weighted by molar-refractivity contribution is 0.0993. The van der Waals surface area contributed by atoms with Crippen LogP contribution in [0.5, 0.6) is 0 Å². The molecule has 4 nitrogen and oxygen atoms in total. The summed E-state index contributed by atoms with van der Waals surface area (Å²) in [4.78, 5) is 12.5. The highest BCUT2D eigenvalue weighted by molar-refractivity contribution is 14.1. The normalized spacial score (nSPS) is 18.2. The number of rotatable bonds is 2. The molecule has 6 heteroatoms. The van der Waals surface area contributed by atoms with Gasteiger partial charge in [0.1, 0.15) is 0 Å². The number of alkyl halides is 1. The van der Waals surface area contributed by atoms with Crippen LogP contribution >= 0.6 is 22.6 Å². The van der Waals surface area contributed by atoms with Gasteiger partial charge in [0.05, 0.1) is 21.1 Å². The minimum absolute atomic E-state index is 0.0217. The lowest BCUT2D eigenvalue weighted by Crippen LogP contribution is -2.43. The first-order chi connectivity index (χ1) is 10.4. The van der Waals surface area contributed by atoms with Crippen LogP contribution in [0.2, 0.25) is 0 Å². The van der Waals surface area contributed by atoms with E-state index >= 15 is 0 Å². The highest BCUT2D eigenvalue weighted by Crippen LogP contribution is 2.34. The van der Waals surface area contributed by atoms with Crippen LogP contribution in [0.4, 0.5) is 5.69 Å². The molecular weight excluding hydrogens is 413 g/mol. The van der Waals surface area contributed by atoms with Crippen molar-refractivity contribution in [1.29, 1.82) is 0 Å². The number of Topliss-reactive ketones (excluding diaryl/α,β-unsaturated/α-hetero) is 1. The van der Waals surface area contributed by atoms with E-state index < -0.39 is 10.0 Å². The SMILES string of the molecule is Cc1ccc(S(=O)(=O)N2CC(I)C(=O)c3ccccc32)cc1. The van der Waals surface area contributed by atoms with Gasteiger partial charge in [-0.25, -0.2) is 8.42 Å². The Morgan fingerprint density at radius 2 is 1.73 bits per heavy atom. The van der Waals surface area contributed by atoms with Crippen LogP contribution in [0.3, 0.4) is 0 Å². The van der Waals surface area contributed by atoms with Crippen LogP contribution in [0, 0.1) is 6.92 Å².